The molecule has 1 aromatic carbocycles. The number of nitrogens with zero attached hydrogens (tertiary/aromatic N) is 2. The number of guanidine groups is 1. The van der Waals surface area contributed by atoms with E-state index in [1.54, 1.807) is 25.2 Å². The Morgan fingerprint density at radius 2 is 1.83 bits per heavy atom. The van der Waals surface area contributed by atoms with E-state index in [1.165, 1.54) is 45.8 Å². The molecule has 0 aromatic heterocycles. The molecule has 1 saturated heterocycles. The van der Waals surface area contributed by atoms with Gasteiger partial charge in [-0.3, -0.25) is 9.89 Å². The number of hydrogen-bond donors (Lipinski definition) is 3. The fourth-order valence-corrected chi connectivity index (χ4v) is 4.56. The van der Waals surface area contributed by atoms with Crippen molar-refractivity contribution in [3.63, 3.8) is 0 Å². The van der Waals surface area contributed by atoms with E-state index in [-0.39, 0.29) is 4.90 Å². The predicted octanol–water partition coefficient (Wildman–Crippen LogP) is 2.16. The molecule has 7 nitrogen and oxygen atoms in total. The SMILES string of the molecule is CN=C(NCc1cccc(S(=O)(=O)NC)c1)NCC(C(C)C)N1CCCCCC1. The summed E-state index contributed by atoms with van der Waals surface area (Å²) < 4.78 is 26.3. The average molecular weight is 424 g/mol. The van der Waals surface area contributed by atoms with Crippen molar-refractivity contribution in [2.45, 2.75) is 57.0 Å². The highest BCUT2D eigenvalue weighted by Crippen LogP contribution is 2.17. The summed E-state index contributed by atoms with van der Waals surface area (Å²) >= 11 is 0. The van der Waals surface area contributed by atoms with E-state index in [0.29, 0.717) is 18.5 Å². The third-order valence-electron chi connectivity index (χ3n) is 5.52. The number of hydrogen-bond acceptors (Lipinski definition) is 4. The second-order valence-electron chi connectivity index (χ2n) is 7.92. The van der Waals surface area contributed by atoms with Crippen LogP contribution in [0.15, 0.2) is 34.2 Å². The molecule has 0 aliphatic carbocycles. The van der Waals surface area contributed by atoms with Crippen LogP contribution >= 0.6 is 0 Å². The van der Waals surface area contributed by atoms with Crippen LogP contribution in [-0.2, 0) is 16.6 Å². The Balaban J connectivity index is 1.94. The first-order chi connectivity index (χ1) is 13.9. The van der Waals surface area contributed by atoms with Crippen LogP contribution in [0, 0.1) is 5.92 Å². The van der Waals surface area contributed by atoms with Crippen molar-refractivity contribution in [2.75, 3.05) is 33.7 Å². The van der Waals surface area contributed by atoms with Gasteiger partial charge in [0.15, 0.2) is 5.96 Å². The molecule has 164 valence electrons. The summed E-state index contributed by atoms with van der Waals surface area (Å²) in [7, 11) is -0.265. The largest absolute Gasteiger partial charge is 0.355 e. The third-order valence-corrected chi connectivity index (χ3v) is 6.93. The highest BCUT2D eigenvalue weighted by Gasteiger charge is 2.23. The van der Waals surface area contributed by atoms with Gasteiger partial charge >= 0.3 is 0 Å². The smallest absolute Gasteiger partial charge is 0.240 e. The molecule has 1 atom stereocenters. The molecule has 1 fully saturated rings. The Labute approximate surface area is 176 Å². The molecule has 1 aliphatic rings. The second-order valence-corrected chi connectivity index (χ2v) is 9.81. The summed E-state index contributed by atoms with van der Waals surface area (Å²) in [5.74, 6) is 1.29. The molecule has 1 aromatic rings. The van der Waals surface area contributed by atoms with E-state index in [4.69, 9.17) is 0 Å². The van der Waals surface area contributed by atoms with Gasteiger partial charge in [-0.05, 0) is 56.6 Å². The Bertz CT molecular complexity index is 756. The zero-order chi connectivity index (χ0) is 21.3. The molecule has 0 spiro atoms. The van der Waals surface area contributed by atoms with E-state index in [2.05, 4.69) is 39.1 Å². The van der Waals surface area contributed by atoms with Gasteiger partial charge in [-0.1, -0.05) is 38.8 Å². The van der Waals surface area contributed by atoms with E-state index < -0.39 is 10.0 Å². The number of aliphatic imine (C=N–C) groups is 1. The summed E-state index contributed by atoms with van der Waals surface area (Å²) in [5.41, 5.74) is 0.886. The molecule has 3 N–H and O–H groups in total. The first kappa shape index (κ1) is 23.6. The van der Waals surface area contributed by atoms with E-state index in [9.17, 15) is 8.42 Å². The molecule has 1 aliphatic heterocycles. The number of benzene rings is 1. The number of nitrogens with one attached hydrogen (secondary N) is 3. The van der Waals surface area contributed by atoms with Crippen molar-refractivity contribution >= 4 is 16.0 Å². The first-order valence-electron chi connectivity index (χ1n) is 10.6. The number of sulfonamides is 1. The second kappa shape index (κ2) is 11.5. The van der Waals surface area contributed by atoms with Gasteiger partial charge in [0.05, 0.1) is 4.90 Å². The molecule has 2 rings (SSSR count). The maximum atomic E-state index is 12.0. The lowest BCUT2D eigenvalue weighted by atomic mass is 10.0. The lowest BCUT2D eigenvalue weighted by molar-refractivity contribution is 0.161. The monoisotopic (exact) mass is 423 g/mol. The predicted molar refractivity (Wildman–Crippen MR) is 120 cm³/mol. The van der Waals surface area contributed by atoms with Crippen LogP contribution in [0.5, 0.6) is 0 Å². The Kier molecular flexibility index (Phi) is 9.39. The standard InChI is InChI=1S/C21H37N5O2S/c1-17(2)20(26-12-7-5-6-8-13-26)16-25-21(22-3)24-15-18-10-9-11-19(14-18)29(27,28)23-4/h9-11,14,17,20,23H,5-8,12-13,15-16H2,1-4H3,(H2,22,24,25). The number of rotatable bonds is 8. The average Bonchev–Trinajstić information content (AvgIpc) is 3.00. The Morgan fingerprint density at radius 3 is 2.41 bits per heavy atom. The topological polar surface area (TPSA) is 85.8 Å². The summed E-state index contributed by atoms with van der Waals surface area (Å²) in [6.45, 7) is 8.24. The summed E-state index contributed by atoms with van der Waals surface area (Å²) in [5, 5.41) is 6.76. The molecular weight excluding hydrogens is 386 g/mol. The zero-order valence-corrected chi connectivity index (χ0v) is 19.1. The fraction of sp³-hybridized carbons (Fsp3) is 0.667. The lowest BCUT2D eigenvalue weighted by Gasteiger charge is -2.34. The molecular formula is C21H37N5O2S. The van der Waals surface area contributed by atoms with Crippen molar-refractivity contribution in [1.82, 2.24) is 20.3 Å². The molecule has 1 unspecified atom stereocenters. The van der Waals surface area contributed by atoms with Gasteiger partial charge < -0.3 is 10.6 Å². The third kappa shape index (κ3) is 7.28. The van der Waals surface area contributed by atoms with Gasteiger partial charge in [0.25, 0.3) is 0 Å². The van der Waals surface area contributed by atoms with Crippen LogP contribution in [0.3, 0.4) is 0 Å². The minimum Gasteiger partial charge on any atom is -0.355 e. The molecule has 29 heavy (non-hydrogen) atoms. The zero-order valence-electron chi connectivity index (χ0n) is 18.2. The van der Waals surface area contributed by atoms with Crippen molar-refractivity contribution < 1.29 is 8.42 Å². The summed E-state index contributed by atoms with van der Waals surface area (Å²) in [6.07, 6.45) is 5.23. The van der Waals surface area contributed by atoms with Crippen molar-refractivity contribution in [2.24, 2.45) is 10.9 Å². The molecule has 0 saturated carbocycles. The van der Waals surface area contributed by atoms with E-state index in [0.717, 1.165) is 18.1 Å². The maximum Gasteiger partial charge on any atom is 0.240 e. The van der Waals surface area contributed by atoms with E-state index >= 15 is 0 Å². The van der Waals surface area contributed by atoms with Crippen LogP contribution in [0.2, 0.25) is 0 Å². The molecule has 0 radical (unpaired) electrons. The van der Waals surface area contributed by atoms with E-state index in [1.807, 2.05) is 6.07 Å². The summed E-state index contributed by atoms with van der Waals surface area (Å²) in [4.78, 5) is 7.21. The van der Waals surface area contributed by atoms with Gasteiger partial charge in [0.2, 0.25) is 10.0 Å². The lowest BCUT2D eigenvalue weighted by Crippen LogP contribution is -2.49. The molecule has 1 heterocycles. The van der Waals surface area contributed by atoms with Crippen LogP contribution in [0.1, 0.15) is 45.1 Å². The first-order valence-corrected chi connectivity index (χ1v) is 12.1. The van der Waals surface area contributed by atoms with Crippen molar-refractivity contribution in [3.8, 4) is 0 Å². The fourth-order valence-electron chi connectivity index (χ4n) is 3.76. The minimum absolute atomic E-state index is 0.267. The van der Waals surface area contributed by atoms with Crippen LogP contribution in [0.25, 0.3) is 0 Å². The molecule has 0 amide bonds. The Morgan fingerprint density at radius 1 is 1.14 bits per heavy atom. The molecule has 8 heteroatoms. The number of likely N-dealkylation sites (tertiary alicyclic amines) is 1. The molecule has 0 bridgehead atoms. The highest BCUT2D eigenvalue weighted by molar-refractivity contribution is 7.89. The van der Waals surface area contributed by atoms with Crippen LogP contribution in [0.4, 0.5) is 0 Å². The van der Waals surface area contributed by atoms with Gasteiger partial charge in [-0.15, -0.1) is 0 Å². The normalized spacial score (nSPS) is 17.8. The minimum atomic E-state index is -3.44. The Hall–Kier alpha value is -1.64. The maximum absolute atomic E-state index is 12.0. The van der Waals surface area contributed by atoms with Gasteiger partial charge in [0.1, 0.15) is 0 Å². The highest BCUT2D eigenvalue weighted by atomic mass is 32.2. The van der Waals surface area contributed by atoms with Gasteiger partial charge in [-0.25, -0.2) is 13.1 Å². The van der Waals surface area contributed by atoms with Crippen LogP contribution < -0.4 is 15.4 Å². The van der Waals surface area contributed by atoms with Gasteiger partial charge in [0, 0.05) is 26.2 Å². The quantitative estimate of drug-likeness (QED) is 0.441. The summed E-state index contributed by atoms with van der Waals surface area (Å²) in [6, 6.07) is 7.40. The van der Waals surface area contributed by atoms with Crippen LogP contribution in [-0.4, -0.2) is 59.0 Å². The van der Waals surface area contributed by atoms with Crippen molar-refractivity contribution in [3.05, 3.63) is 29.8 Å². The van der Waals surface area contributed by atoms with Crippen molar-refractivity contribution in [1.29, 1.82) is 0 Å². The van der Waals surface area contributed by atoms with Gasteiger partial charge in [-0.2, -0.15) is 0 Å².